The van der Waals surface area contributed by atoms with E-state index in [-0.39, 0.29) is 0 Å². The van der Waals surface area contributed by atoms with Crippen molar-refractivity contribution in [2.24, 2.45) is 0 Å². The molecule has 0 aliphatic rings. The number of carboxylic acid groups (broad SMARTS) is 1. The Morgan fingerprint density at radius 3 is 2.43 bits per heavy atom. The van der Waals surface area contributed by atoms with Crippen molar-refractivity contribution in [3.05, 3.63) is 29.8 Å². The van der Waals surface area contributed by atoms with E-state index >= 15 is 0 Å². The van der Waals surface area contributed by atoms with Crippen molar-refractivity contribution < 1.29 is 19.4 Å². The number of ether oxygens (including phenoxy) is 1. The Bertz CT molecular complexity index is 328. The van der Waals surface area contributed by atoms with Crippen LogP contribution in [0.2, 0.25) is 0 Å². The third-order valence-corrected chi connectivity index (χ3v) is 1.68. The highest BCUT2D eigenvalue weighted by atomic mass is 16.5. The number of carbonyl (C=O) groups excluding carboxylic acids is 1. The van der Waals surface area contributed by atoms with E-state index in [1.54, 1.807) is 24.3 Å². The van der Waals surface area contributed by atoms with Crippen molar-refractivity contribution in [3.8, 4) is 5.75 Å². The number of hydrogen-bond donors (Lipinski definition) is 1. The van der Waals surface area contributed by atoms with Gasteiger partial charge in [0.1, 0.15) is 12.0 Å². The third-order valence-electron chi connectivity index (χ3n) is 1.68. The molecule has 0 aromatic heterocycles. The minimum Gasteiger partial charge on any atom is -0.479 e. The number of hydrogen-bond acceptors (Lipinski definition) is 3. The number of aliphatic carboxylic acids is 1. The first kappa shape index (κ1) is 10.2. The molecule has 14 heavy (non-hydrogen) atoms. The molecule has 1 atom stereocenters. The smallest absolute Gasteiger partial charge is 0.344 e. The Labute approximate surface area is 81.1 Å². The molecule has 0 spiro atoms. The molecule has 0 heterocycles. The van der Waals surface area contributed by atoms with Crippen LogP contribution in [0.4, 0.5) is 0 Å². The van der Waals surface area contributed by atoms with E-state index in [0.717, 1.165) is 0 Å². The largest absolute Gasteiger partial charge is 0.479 e. The van der Waals surface area contributed by atoms with Gasteiger partial charge in [-0.3, -0.25) is 4.79 Å². The Balaban J connectivity index is 2.68. The first-order valence-electron chi connectivity index (χ1n) is 4.08. The van der Waals surface area contributed by atoms with Crippen molar-refractivity contribution in [2.75, 3.05) is 0 Å². The highest BCUT2D eigenvalue weighted by Crippen LogP contribution is 2.12. The van der Waals surface area contributed by atoms with Crippen LogP contribution in [-0.4, -0.2) is 23.5 Å². The predicted octanol–water partition coefficient (Wildman–Crippen LogP) is 1.35. The second-order valence-electron chi connectivity index (χ2n) is 2.79. The summed E-state index contributed by atoms with van der Waals surface area (Å²) < 4.78 is 5.06. The van der Waals surface area contributed by atoms with Crippen LogP contribution in [0.15, 0.2) is 24.3 Å². The van der Waals surface area contributed by atoms with Crippen LogP contribution in [0.3, 0.4) is 0 Å². The van der Waals surface area contributed by atoms with Gasteiger partial charge in [0, 0.05) is 5.56 Å². The topological polar surface area (TPSA) is 63.6 Å². The monoisotopic (exact) mass is 194 g/mol. The summed E-state index contributed by atoms with van der Waals surface area (Å²) in [5.41, 5.74) is 0.528. The van der Waals surface area contributed by atoms with Crippen molar-refractivity contribution in [1.82, 2.24) is 0 Å². The maximum atomic E-state index is 10.4. The third kappa shape index (κ3) is 2.58. The summed E-state index contributed by atoms with van der Waals surface area (Å²) >= 11 is 0. The average molecular weight is 194 g/mol. The van der Waals surface area contributed by atoms with Crippen LogP contribution < -0.4 is 4.74 Å². The molecule has 0 saturated carbocycles. The van der Waals surface area contributed by atoms with Crippen LogP contribution in [0, 0.1) is 0 Å². The molecule has 74 valence electrons. The predicted molar refractivity (Wildman–Crippen MR) is 49.6 cm³/mol. The maximum absolute atomic E-state index is 10.4. The highest BCUT2D eigenvalue weighted by molar-refractivity contribution is 5.75. The molecule has 0 aliphatic heterocycles. The fraction of sp³-hybridized carbons (Fsp3) is 0.200. The summed E-state index contributed by atoms with van der Waals surface area (Å²) in [5, 5.41) is 8.56. The van der Waals surface area contributed by atoms with E-state index < -0.39 is 12.1 Å². The second-order valence-corrected chi connectivity index (χ2v) is 2.79. The van der Waals surface area contributed by atoms with Crippen molar-refractivity contribution in [3.63, 3.8) is 0 Å². The summed E-state index contributed by atoms with van der Waals surface area (Å²) in [6.45, 7) is 1.44. The van der Waals surface area contributed by atoms with Gasteiger partial charge in [-0.1, -0.05) is 0 Å². The maximum Gasteiger partial charge on any atom is 0.344 e. The molecule has 1 N–H and O–H groups in total. The zero-order valence-electron chi connectivity index (χ0n) is 7.64. The number of benzene rings is 1. The van der Waals surface area contributed by atoms with Crippen molar-refractivity contribution in [2.45, 2.75) is 13.0 Å². The summed E-state index contributed by atoms with van der Waals surface area (Å²) in [6, 6.07) is 6.25. The summed E-state index contributed by atoms with van der Waals surface area (Å²) in [5.74, 6) is -0.588. The lowest BCUT2D eigenvalue weighted by molar-refractivity contribution is -0.144. The summed E-state index contributed by atoms with van der Waals surface area (Å²) in [4.78, 5) is 20.8. The second kappa shape index (κ2) is 4.41. The number of carbonyl (C=O) groups is 2. The Morgan fingerprint density at radius 1 is 1.43 bits per heavy atom. The van der Waals surface area contributed by atoms with Gasteiger partial charge < -0.3 is 9.84 Å². The fourth-order valence-electron chi connectivity index (χ4n) is 0.879. The Hall–Kier alpha value is -1.84. The van der Waals surface area contributed by atoms with E-state index in [1.807, 2.05) is 0 Å². The van der Waals surface area contributed by atoms with Crippen LogP contribution >= 0.6 is 0 Å². The molecule has 4 heteroatoms. The van der Waals surface area contributed by atoms with Crippen LogP contribution in [0.25, 0.3) is 0 Å². The molecule has 0 amide bonds. The lowest BCUT2D eigenvalue weighted by Gasteiger charge is -2.09. The van der Waals surface area contributed by atoms with Crippen molar-refractivity contribution >= 4 is 12.3 Å². The van der Waals surface area contributed by atoms with Crippen molar-refractivity contribution in [1.29, 1.82) is 0 Å². The molecule has 0 radical (unpaired) electrons. The Kier molecular flexibility index (Phi) is 3.23. The van der Waals surface area contributed by atoms with Gasteiger partial charge in [-0.2, -0.15) is 0 Å². The van der Waals surface area contributed by atoms with Gasteiger partial charge in [-0.05, 0) is 31.2 Å². The van der Waals surface area contributed by atoms with Gasteiger partial charge in [0.25, 0.3) is 0 Å². The highest BCUT2D eigenvalue weighted by Gasteiger charge is 2.11. The average Bonchev–Trinajstić information content (AvgIpc) is 2.19. The summed E-state index contributed by atoms with van der Waals surface area (Å²) in [7, 11) is 0. The molecule has 1 aromatic carbocycles. The standard InChI is InChI=1S/C10H10O4/c1-7(10(12)13)14-9-4-2-8(6-11)3-5-9/h2-7H,1H3,(H,12,13)/t7-/m0/s1. The summed E-state index contributed by atoms with van der Waals surface area (Å²) in [6.07, 6.45) is -0.179. The van der Waals surface area contributed by atoms with E-state index in [2.05, 4.69) is 0 Å². The lowest BCUT2D eigenvalue weighted by atomic mass is 10.2. The molecule has 1 rings (SSSR count). The number of carboxylic acids is 1. The molecule has 0 aliphatic carbocycles. The zero-order chi connectivity index (χ0) is 10.6. The molecular weight excluding hydrogens is 184 g/mol. The van der Waals surface area contributed by atoms with Crippen LogP contribution in [0.5, 0.6) is 5.75 Å². The molecule has 0 saturated heterocycles. The first-order valence-corrected chi connectivity index (χ1v) is 4.08. The van der Waals surface area contributed by atoms with Gasteiger partial charge in [-0.25, -0.2) is 4.79 Å². The van der Waals surface area contributed by atoms with Gasteiger partial charge in [0.2, 0.25) is 0 Å². The van der Waals surface area contributed by atoms with E-state index in [1.165, 1.54) is 6.92 Å². The normalized spacial score (nSPS) is 11.8. The van der Waals surface area contributed by atoms with Crippen LogP contribution in [0.1, 0.15) is 17.3 Å². The molecule has 1 aromatic rings. The first-order chi connectivity index (χ1) is 6.63. The lowest BCUT2D eigenvalue weighted by Crippen LogP contribution is -2.22. The van der Waals surface area contributed by atoms with Gasteiger partial charge in [0.15, 0.2) is 6.10 Å². The number of aldehydes is 1. The minimum atomic E-state index is -1.02. The molecule has 0 bridgehead atoms. The van der Waals surface area contributed by atoms with Gasteiger partial charge in [0.05, 0.1) is 0 Å². The quantitative estimate of drug-likeness (QED) is 0.735. The van der Waals surface area contributed by atoms with Crippen LogP contribution in [-0.2, 0) is 4.79 Å². The minimum absolute atomic E-state index is 0.436. The Morgan fingerprint density at radius 2 is 2.00 bits per heavy atom. The molecule has 4 nitrogen and oxygen atoms in total. The SMILES string of the molecule is C[C@H](Oc1ccc(C=O)cc1)C(=O)O. The fourth-order valence-corrected chi connectivity index (χ4v) is 0.879. The molecule has 0 fully saturated rings. The number of rotatable bonds is 4. The molecular formula is C10H10O4. The van der Waals surface area contributed by atoms with E-state index in [4.69, 9.17) is 9.84 Å². The zero-order valence-corrected chi connectivity index (χ0v) is 7.64. The van der Waals surface area contributed by atoms with E-state index in [0.29, 0.717) is 17.6 Å². The van der Waals surface area contributed by atoms with Gasteiger partial charge in [-0.15, -0.1) is 0 Å². The van der Waals surface area contributed by atoms with E-state index in [9.17, 15) is 9.59 Å². The molecule has 0 unspecified atom stereocenters. The van der Waals surface area contributed by atoms with Gasteiger partial charge >= 0.3 is 5.97 Å².